The zero-order valence-corrected chi connectivity index (χ0v) is 23.3. The first-order chi connectivity index (χ1) is 19.2. The van der Waals surface area contributed by atoms with E-state index < -0.39 is 11.7 Å². The van der Waals surface area contributed by atoms with Crippen LogP contribution in [0.3, 0.4) is 0 Å². The van der Waals surface area contributed by atoms with E-state index in [4.69, 9.17) is 26.3 Å². The summed E-state index contributed by atoms with van der Waals surface area (Å²) in [5.74, 6) is 0.620. The quantitative estimate of drug-likeness (QED) is 0.451. The summed E-state index contributed by atoms with van der Waals surface area (Å²) in [5, 5.41) is -0.327. The number of amides is 1. The molecular formula is C28H34ClF3N6O2. The molecule has 0 spiro atoms. The van der Waals surface area contributed by atoms with Crippen molar-refractivity contribution < 1.29 is 22.7 Å². The van der Waals surface area contributed by atoms with Crippen LogP contribution in [0, 0.1) is 0 Å². The Morgan fingerprint density at radius 2 is 1.93 bits per heavy atom. The minimum Gasteiger partial charge on any atom is -0.462 e. The Bertz CT molecular complexity index is 1250. The number of alkyl halides is 3. The maximum atomic E-state index is 14.0. The molecule has 0 unspecified atom stereocenters. The molecule has 0 N–H and O–H groups in total. The number of halogens is 4. The predicted octanol–water partition coefficient (Wildman–Crippen LogP) is 4.41. The van der Waals surface area contributed by atoms with Crippen molar-refractivity contribution in [2.24, 2.45) is 0 Å². The lowest BCUT2D eigenvalue weighted by Gasteiger charge is -2.38. The molecule has 1 aromatic heterocycles. The van der Waals surface area contributed by atoms with E-state index in [1.165, 1.54) is 24.3 Å². The van der Waals surface area contributed by atoms with Crippen LogP contribution in [0.15, 0.2) is 30.9 Å². The molecule has 12 heteroatoms. The highest BCUT2D eigenvalue weighted by Crippen LogP contribution is 2.43. The van der Waals surface area contributed by atoms with Crippen LogP contribution in [0.5, 0.6) is 6.01 Å². The zero-order chi connectivity index (χ0) is 28.4. The lowest BCUT2D eigenvalue weighted by Crippen LogP contribution is -2.49. The second-order valence-electron chi connectivity index (χ2n) is 10.3. The van der Waals surface area contributed by atoms with E-state index in [0.29, 0.717) is 51.4 Å². The van der Waals surface area contributed by atoms with Crippen molar-refractivity contribution in [2.75, 3.05) is 62.2 Å². The number of ether oxygens (including phenoxy) is 1. The van der Waals surface area contributed by atoms with Gasteiger partial charge in [-0.25, -0.2) is 0 Å². The molecule has 0 bridgehead atoms. The van der Waals surface area contributed by atoms with Gasteiger partial charge in [0.1, 0.15) is 12.4 Å². The summed E-state index contributed by atoms with van der Waals surface area (Å²) in [6.07, 6.45) is -0.660. The largest absolute Gasteiger partial charge is 0.462 e. The number of carbonyl (C=O) groups excluding carboxylic acids is 1. The van der Waals surface area contributed by atoms with Crippen molar-refractivity contribution in [2.45, 2.75) is 44.9 Å². The third kappa shape index (κ3) is 5.85. The molecule has 1 aromatic carbocycles. The number of hydrogen-bond acceptors (Lipinski definition) is 7. The molecule has 40 heavy (non-hydrogen) atoms. The number of nitrogens with zero attached hydrogens (tertiary/aromatic N) is 6. The summed E-state index contributed by atoms with van der Waals surface area (Å²) in [4.78, 5) is 29.5. The van der Waals surface area contributed by atoms with Gasteiger partial charge in [0, 0.05) is 44.3 Å². The van der Waals surface area contributed by atoms with Crippen LogP contribution in [0.25, 0.3) is 0 Å². The molecule has 1 amide bonds. The lowest BCUT2D eigenvalue weighted by atomic mass is 10.0. The van der Waals surface area contributed by atoms with Gasteiger partial charge in [-0.15, -0.1) is 0 Å². The standard InChI is InChI=1S/C28H34ClF3N6O2/c1-3-24(39)36-13-15-37(16-14-36)26-20-10-12-38(23-9-5-8-21(29)25(23)28(30,31)32)17-22(20)33-27(34-26)40-18-19-7-6-11-35(19)4-2/h3,5,8-9,19H,1,4,6-7,10-18H2,2H3/t19-/m0/s1. The number of carbonyl (C=O) groups is 1. The Labute approximate surface area is 237 Å². The molecule has 4 heterocycles. The smallest absolute Gasteiger partial charge is 0.419 e. The Balaban J connectivity index is 1.45. The second kappa shape index (κ2) is 11.8. The highest BCUT2D eigenvalue weighted by Gasteiger charge is 2.38. The molecule has 3 aliphatic heterocycles. The van der Waals surface area contributed by atoms with Crippen molar-refractivity contribution in [3.8, 4) is 6.01 Å². The average Bonchev–Trinajstić information content (AvgIpc) is 3.42. The molecule has 216 valence electrons. The van der Waals surface area contributed by atoms with E-state index in [9.17, 15) is 18.0 Å². The average molecular weight is 579 g/mol. The molecule has 2 aromatic rings. The van der Waals surface area contributed by atoms with E-state index in [1.54, 1.807) is 9.80 Å². The normalized spacial score (nSPS) is 20.0. The van der Waals surface area contributed by atoms with Crippen molar-refractivity contribution in [3.05, 3.63) is 52.7 Å². The lowest BCUT2D eigenvalue weighted by molar-refractivity contribution is -0.137. The molecule has 2 fully saturated rings. The molecule has 0 aliphatic carbocycles. The predicted molar refractivity (Wildman–Crippen MR) is 148 cm³/mol. The first-order valence-corrected chi connectivity index (χ1v) is 14.1. The van der Waals surface area contributed by atoms with Crippen LogP contribution in [0.1, 0.15) is 36.6 Å². The van der Waals surface area contributed by atoms with Crippen LogP contribution < -0.4 is 14.5 Å². The Morgan fingerprint density at radius 3 is 2.62 bits per heavy atom. The van der Waals surface area contributed by atoms with Gasteiger partial charge in [-0.1, -0.05) is 31.2 Å². The number of piperazine rings is 1. The zero-order valence-electron chi connectivity index (χ0n) is 22.6. The Hall–Kier alpha value is -3.05. The van der Waals surface area contributed by atoms with Crippen molar-refractivity contribution >= 4 is 29.0 Å². The molecule has 3 aliphatic rings. The summed E-state index contributed by atoms with van der Waals surface area (Å²) in [6.45, 7) is 10.8. The Kier molecular flexibility index (Phi) is 8.42. The molecule has 2 saturated heterocycles. The van der Waals surface area contributed by atoms with E-state index >= 15 is 0 Å². The highest BCUT2D eigenvalue weighted by molar-refractivity contribution is 6.31. The molecule has 5 rings (SSSR count). The van der Waals surface area contributed by atoms with Gasteiger partial charge in [-0.05, 0) is 50.6 Å². The van der Waals surface area contributed by atoms with Gasteiger partial charge in [0.25, 0.3) is 0 Å². The molecular weight excluding hydrogens is 545 g/mol. The van der Waals surface area contributed by atoms with Crippen molar-refractivity contribution in [1.82, 2.24) is 19.8 Å². The van der Waals surface area contributed by atoms with Gasteiger partial charge in [0.15, 0.2) is 0 Å². The summed E-state index contributed by atoms with van der Waals surface area (Å²) in [7, 11) is 0. The number of fused-ring (bicyclic) bond motifs is 1. The SMILES string of the molecule is C=CC(=O)N1CCN(c2nc(OC[C@@H]3CCCN3CC)nc3c2CCN(c2cccc(Cl)c2C(F)(F)F)C3)CC1. The summed E-state index contributed by atoms with van der Waals surface area (Å²) >= 11 is 6.02. The molecule has 0 saturated carbocycles. The fourth-order valence-electron chi connectivity index (χ4n) is 5.92. The van der Waals surface area contributed by atoms with Crippen molar-refractivity contribution in [3.63, 3.8) is 0 Å². The van der Waals surface area contributed by atoms with Crippen LogP contribution in [0.2, 0.25) is 5.02 Å². The van der Waals surface area contributed by atoms with Gasteiger partial charge in [-0.2, -0.15) is 23.1 Å². The van der Waals surface area contributed by atoms with E-state index in [0.717, 1.165) is 37.3 Å². The fourth-order valence-corrected chi connectivity index (χ4v) is 6.19. The molecule has 0 radical (unpaired) electrons. The van der Waals surface area contributed by atoms with E-state index in [2.05, 4.69) is 23.3 Å². The van der Waals surface area contributed by atoms with E-state index in [1.807, 2.05) is 0 Å². The van der Waals surface area contributed by atoms with Crippen LogP contribution in [-0.2, 0) is 23.9 Å². The van der Waals surface area contributed by atoms with Gasteiger partial charge >= 0.3 is 12.2 Å². The third-order valence-electron chi connectivity index (χ3n) is 8.01. The third-order valence-corrected chi connectivity index (χ3v) is 8.33. The maximum Gasteiger partial charge on any atom is 0.419 e. The van der Waals surface area contributed by atoms with Crippen LogP contribution >= 0.6 is 11.6 Å². The van der Waals surface area contributed by atoms with Gasteiger partial charge in [0.2, 0.25) is 5.91 Å². The van der Waals surface area contributed by atoms with Crippen LogP contribution in [0.4, 0.5) is 24.7 Å². The van der Waals surface area contributed by atoms with Crippen molar-refractivity contribution in [1.29, 1.82) is 0 Å². The summed E-state index contributed by atoms with van der Waals surface area (Å²) in [5.41, 5.74) is 0.741. The van der Waals surface area contributed by atoms with E-state index in [-0.39, 0.29) is 35.2 Å². The maximum absolute atomic E-state index is 14.0. The number of likely N-dealkylation sites (N-methyl/N-ethyl adjacent to an activating group) is 1. The number of likely N-dealkylation sites (tertiary alicyclic amines) is 1. The van der Waals surface area contributed by atoms with Gasteiger partial charge in [-0.3, -0.25) is 9.69 Å². The molecule has 1 atom stereocenters. The van der Waals surface area contributed by atoms with Gasteiger partial charge in [0.05, 0.1) is 28.5 Å². The number of benzene rings is 1. The first-order valence-electron chi connectivity index (χ1n) is 13.7. The highest BCUT2D eigenvalue weighted by atomic mass is 35.5. The first kappa shape index (κ1) is 28.5. The number of hydrogen-bond donors (Lipinski definition) is 0. The Morgan fingerprint density at radius 1 is 1.15 bits per heavy atom. The minimum atomic E-state index is -4.59. The summed E-state index contributed by atoms with van der Waals surface area (Å²) < 4.78 is 48.0. The second-order valence-corrected chi connectivity index (χ2v) is 10.7. The van der Waals surface area contributed by atoms with Gasteiger partial charge < -0.3 is 19.4 Å². The fraction of sp³-hybridized carbons (Fsp3) is 0.536. The number of aromatic nitrogens is 2. The summed E-state index contributed by atoms with van der Waals surface area (Å²) in [6, 6.07) is 4.75. The minimum absolute atomic E-state index is 0.0365. The monoisotopic (exact) mass is 578 g/mol. The van der Waals surface area contributed by atoms with Crippen LogP contribution in [-0.4, -0.2) is 84.1 Å². The number of anilines is 2. The topological polar surface area (TPSA) is 65.0 Å². The number of rotatable bonds is 7. The molecule has 8 nitrogen and oxygen atoms in total.